The van der Waals surface area contributed by atoms with Crippen molar-refractivity contribution < 1.29 is 26.2 Å². The average molecular weight is 352 g/mol. The van der Waals surface area contributed by atoms with E-state index in [1.54, 1.807) is 6.07 Å². The van der Waals surface area contributed by atoms with Crippen molar-refractivity contribution in [1.82, 2.24) is 0 Å². The minimum absolute atomic E-state index is 0.0259. The van der Waals surface area contributed by atoms with Gasteiger partial charge < -0.3 is 4.18 Å². The number of hydrogen-bond donors (Lipinski definition) is 0. The Kier molecular flexibility index (Phi) is 3.91. The molecule has 0 spiro atoms. The fourth-order valence-corrected chi connectivity index (χ4v) is 3.93. The van der Waals surface area contributed by atoms with Crippen LogP contribution in [0.2, 0.25) is 0 Å². The van der Waals surface area contributed by atoms with Crippen molar-refractivity contribution in [3.8, 4) is 5.75 Å². The number of carbonyl (C=O) groups is 1. The van der Waals surface area contributed by atoms with Crippen LogP contribution in [0.1, 0.15) is 40.7 Å². The van der Waals surface area contributed by atoms with Gasteiger partial charge in [0.2, 0.25) is 0 Å². The Hall–Kier alpha value is -2.28. The summed E-state index contributed by atoms with van der Waals surface area (Å²) < 4.78 is 56.0. The number of Topliss-reactive ketones (excluding diaryl/α,β-unsaturated/α-hetero) is 1. The van der Waals surface area contributed by atoms with Crippen molar-refractivity contribution in [2.24, 2.45) is 0 Å². The number of carbonyl (C=O) groups excluding carboxylic acids is 1. The Morgan fingerprint density at radius 2 is 1.83 bits per heavy atom. The number of fused-ring (bicyclic) bond motifs is 1. The monoisotopic (exact) mass is 352 g/mol. The van der Waals surface area contributed by atoms with E-state index >= 15 is 0 Å². The molecule has 1 aliphatic rings. The lowest BCUT2D eigenvalue weighted by atomic mass is 9.98. The van der Waals surface area contributed by atoms with Gasteiger partial charge in [-0.25, -0.2) is 8.78 Å². The van der Waals surface area contributed by atoms with Gasteiger partial charge >= 0.3 is 10.1 Å². The molecule has 0 N–H and O–H groups in total. The summed E-state index contributed by atoms with van der Waals surface area (Å²) >= 11 is 0. The first-order chi connectivity index (χ1) is 11.2. The van der Waals surface area contributed by atoms with E-state index in [9.17, 15) is 22.0 Å². The first kappa shape index (κ1) is 16.6. The van der Waals surface area contributed by atoms with Gasteiger partial charge in [0, 0.05) is 6.42 Å². The second-order valence-electron chi connectivity index (χ2n) is 5.81. The van der Waals surface area contributed by atoms with Gasteiger partial charge in [-0.15, -0.1) is 0 Å². The molecule has 0 saturated carbocycles. The van der Waals surface area contributed by atoms with Crippen LogP contribution in [0.25, 0.3) is 0 Å². The molecule has 1 aliphatic carbocycles. The minimum Gasteiger partial charge on any atom is -0.378 e. The highest BCUT2D eigenvalue weighted by Gasteiger charge is 2.33. The summed E-state index contributed by atoms with van der Waals surface area (Å²) in [4.78, 5) is 11.7. The van der Waals surface area contributed by atoms with Gasteiger partial charge in [-0.3, -0.25) is 4.79 Å². The molecule has 126 valence electrons. The van der Waals surface area contributed by atoms with Crippen molar-refractivity contribution in [2.75, 3.05) is 0 Å². The van der Waals surface area contributed by atoms with Gasteiger partial charge in [-0.1, -0.05) is 13.0 Å². The lowest BCUT2D eigenvalue weighted by Crippen LogP contribution is -2.12. The minimum atomic E-state index is -4.39. The maximum absolute atomic E-state index is 13.3. The summed E-state index contributed by atoms with van der Waals surface area (Å²) in [5.74, 6) is -2.76. The summed E-state index contributed by atoms with van der Waals surface area (Å²) in [5, 5.41) is 0. The smallest absolute Gasteiger partial charge is 0.339 e. The number of aryl methyl sites for hydroxylation is 1. The molecule has 0 radical (unpaired) electrons. The number of ketones is 1. The Labute approximate surface area is 138 Å². The van der Waals surface area contributed by atoms with Crippen LogP contribution in [0.15, 0.2) is 35.2 Å². The highest BCUT2D eigenvalue weighted by Crippen LogP contribution is 2.40. The topological polar surface area (TPSA) is 60.4 Å². The van der Waals surface area contributed by atoms with Crippen LogP contribution in [0.3, 0.4) is 0 Å². The highest BCUT2D eigenvalue weighted by atomic mass is 32.2. The summed E-state index contributed by atoms with van der Waals surface area (Å²) in [6, 6.07) is 5.24. The summed E-state index contributed by atoms with van der Waals surface area (Å²) in [6.07, 6.45) is 0.280. The van der Waals surface area contributed by atoms with Crippen molar-refractivity contribution in [3.63, 3.8) is 0 Å². The average Bonchev–Trinajstić information content (AvgIpc) is 2.80. The van der Waals surface area contributed by atoms with E-state index in [2.05, 4.69) is 0 Å². The normalized spacial score (nSPS) is 17.0. The first-order valence-electron chi connectivity index (χ1n) is 7.27. The predicted molar refractivity (Wildman–Crippen MR) is 82.7 cm³/mol. The van der Waals surface area contributed by atoms with Crippen molar-refractivity contribution >= 4 is 15.9 Å². The molecule has 1 unspecified atom stereocenters. The van der Waals surface area contributed by atoms with Gasteiger partial charge in [0.1, 0.15) is 4.90 Å². The third kappa shape index (κ3) is 2.69. The molecule has 1 atom stereocenters. The van der Waals surface area contributed by atoms with Crippen molar-refractivity contribution in [2.45, 2.75) is 31.1 Å². The molecule has 0 saturated heterocycles. The predicted octanol–water partition coefficient (Wildman–Crippen LogP) is 3.73. The SMILES string of the molecule is Cc1ccc(OS(=O)(=O)c2ccc(F)c(F)c2)c2c1C(C)CC2=O. The molecule has 3 rings (SSSR count). The summed E-state index contributed by atoms with van der Waals surface area (Å²) in [5.41, 5.74) is 1.88. The Balaban J connectivity index is 2.06. The van der Waals surface area contributed by atoms with Crippen LogP contribution in [-0.2, 0) is 10.1 Å². The van der Waals surface area contributed by atoms with E-state index in [-0.39, 0.29) is 29.4 Å². The highest BCUT2D eigenvalue weighted by molar-refractivity contribution is 7.87. The summed E-state index contributed by atoms with van der Waals surface area (Å²) in [7, 11) is -4.39. The molecule has 0 amide bonds. The van der Waals surface area contributed by atoms with Gasteiger partial charge in [-0.05, 0) is 48.2 Å². The van der Waals surface area contributed by atoms with E-state index in [0.29, 0.717) is 12.1 Å². The molecule has 0 fully saturated rings. The van der Waals surface area contributed by atoms with Crippen LogP contribution in [0, 0.1) is 18.6 Å². The quantitative estimate of drug-likeness (QED) is 0.790. The van der Waals surface area contributed by atoms with Crippen LogP contribution >= 0.6 is 0 Å². The molecule has 2 aromatic carbocycles. The lowest BCUT2D eigenvalue weighted by Gasteiger charge is -2.13. The Bertz CT molecular complexity index is 951. The van der Waals surface area contributed by atoms with Crippen LogP contribution < -0.4 is 4.18 Å². The van der Waals surface area contributed by atoms with Crippen LogP contribution in [0.4, 0.5) is 8.78 Å². The van der Waals surface area contributed by atoms with Gasteiger partial charge in [-0.2, -0.15) is 8.42 Å². The van der Waals surface area contributed by atoms with E-state index in [4.69, 9.17) is 4.18 Å². The standard InChI is InChI=1S/C17H14F2O4S/c1-9-3-6-15(17-14(20)7-10(2)16(9)17)23-24(21,22)11-4-5-12(18)13(19)8-11/h3-6,8,10H,7H2,1-2H3. The van der Waals surface area contributed by atoms with Gasteiger partial charge in [0.15, 0.2) is 23.2 Å². The molecule has 2 aromatic rings. The molecule has 0 aromatic heterocycles. The number of halogens is 2. The van der Waals surface area contributed by atoms with Gasteiger partial charge in [0.25, 0.3) is 0 Å². The third-order valence-corrected chi connectivity index (χ3v) is 5.30. The van der Waals surface area contributed by atoms with E-state index in [1.165, 1.54) is 6.07 Å². The first-order valence-corrected chi connectivity index (χ1v) is 8.68. The molecular formula is C17H14F2O4S. The second kappa shape index (κ2) is 5.66. The summed E-state index contributed by atoms with van der Waals surface area (Å²) in [6.45, 7) is 3.71. The molecule has 7 heteroatoms. The zero-order chi connectivity index (χ0) is 17.6. The van der Waals surface area contributed by atoms with Crippen molar-refractivity contribution in [1.29, 1.82) is 0 Å². The molecular weight excluding hydrogens is 338 g/mol. The number of rotatable bonds is 3. The lowest BCUT2D eigenvalue weighted by molar-refractivity contribution is 0.0989. The van der Waals surface area contributed by atoms with E-state index in [0.717, 1.165) is 17.2 Å². The van der Waals surface area contributed by atoms with Crippen LogP contribution in [0.5, 0.6) is 5.75 Å². The number of benzene rings is 2. The Morgan fingerprint density at radius 1 is 1.12 bits per heavy atom. The molecule has 0 aliphatic heterocycles. The Morgan fingerprint density at radius 3 is 2.50 bits per heavy atom. The second-order valence-corrected chi connectivity index (χ2v) is 7.36. The fourth-order valence-electron chi connectivity index (χ4n) is 2.98. The fraction of sp³-hybridized carbons (Fsp3) is 0.235. The van der Waals surface area contributed by atoms with E-state index in [1.807, 2.05) is 13.8 Å². The molecule has 4 nitrogen and oxygen atoms in total. The maximum Gasteiger partial charge on any atom is 0.339 e. The zero-order valence-electron chi connectivity index (χ0n) is 13.0. The zero-order valence-corrected chi connectivity index (χ0v) is 13.8. The third-order valence-electron chi connectivity index (χ3n) is 4.07. The van der Waals surface area contributed by atoms with Gasteiger partial charge in [0.05, 0.1) is 5.56 Å². The van der Waals surface area contributed by atoms with Crippen molar-refractivity contribution in [3.05, 3.63) is 58.7 Å². The molecule has 0 bridgehead atoms. The molecule has 24 heavy (non-hydrogen) atoms. The maximum atomic E-state index is 13.3. The number of hydrogen-bond acceptors (Lipinski definition) is 4. The van der Waals surface area contributed by atoms with Crippen LogP contribution in [-0.4, -0.2) is 14.2 Å². The molecule has 0 heterocycles. The van der Waals surface area contributed by atoms with E-state index < -0.39 is 26.6 Å². The largest absolute Gasteiger partial charge is 0.378 e.